The Morgan fingerprint density at radius 2 is 1.95 bits per heavy atom. The molecule has 1 aromatic heterocycles. The van der Waals surface area contributed by atoms with Gasteiger partial charge in [0, 0.05) is 11.4 Å². The molecule has 21 heavy (non-hydrogen) atoms. The molecule has 0 N–H and O–H groups in total. The van der Waals surface area contributed by atoms with Crippen LogP contribution in [0.1, 0.15) is 17.0 Å². The molecule has 2 heteroatoms. The van der Waals surface area contributed by atoms with Crippen molar-refractivity contribution in [2.75, 3.05) is 0 Å². The van der Waals surface area contributed by atoms with E-state index in [1.54, 1.807) is 0 Å². The van der Waals surface area contributed by atoms with Crippen LogP contribution in [0.4, 0.5) is 0 Å². The Bertz CT molecular complexity index is 754. The minimum atomic E-state index is 1.05. The molecule has 104 valence electrons. The zero-order valence-corrected chi connectivity index (χ0v) is 12.4. The molecule has 0 aliphatic carbocycles. The smallest absolute Gasteiger partial charge is 0.146 e. The molecule has 2 aromatic rings. The lowest BCUT2D eigenvalue weighted by atomic mass is 9.97. The molecule has 0 fully saturated rings. The molecule has 0 spiro atoms. The van der Waals surface area contributed by atoms with Crippen LogP contribution in [0, 0.1) is 19.9 Å². The molecule has 0 saturated carbocycles. The first-order chi connectivity index (χ1) is 10.1. The van der Waals surface area contributed by atoms with E-state index in [2.05, 4.69) is 61.1 Å². The molecule has 0 unspecified atom stereocenters. The number of aryl methyl sites for hydroxylation is 2. The van der Waals surface area contributed by atoms with E-state index >= 15 is 0 Å². The molecule has 0 amide bonds. The monoisotopic (exact) mass is 274 g/mol. The average Bonchev–Trinajstić information content (AvgIpc) is 2.48. The van der Waals surface area contributed by atoms with Gasteiger partial charge in [0.15, 0.2) is 0 Å². The summed E-state index contributed by atoms with van der Waals surface area (Å²) in [5.41, 5.74) is 5.62. The van der Waals surface area contributed by atoms with Crippen molar-refractivity contribution >= 4 is 6.72 Å². The second kappa shape index (κ2) is 5.41. The van der Waals surface area contributed by atoms with Crippen LogP contribution in [0.3, 0.4) is 0 Å². The lowest BCUT2D eigenvalue weighted by Gasteiger charge is -2.17. The topological polar surface area (TPSA) is 15.9 Å². The Labute approximate surface area is 125 Å². The average molecular weight is 274 g/mol. The molecule has 1 aliphatic heterocycles. The van der Waals surface area contributed by atoms with Gasteiger partial charge in [0.05, 0.1) is 6.72 Å². The molecular formula is C19H18N2. The van der Waals surface area contributed by atoms with Gasteiger partial charge in [0.25, 0.3) is 0 Å². The van der Waals surface area contributed by atoms with E-state index in [9.17, 15) is 0 Å². The molecular weight excluding hydrogens is 256 g/mol. The first-order valence-electron chi connectivity index (χ1n) is 7.02. The van der Waals surface area contributed by atoms with Gasteiger partial charge in [-0.2, -0.15) is 0 Å². The van der Waals surface area contributed by atoms with Crippen molar-refractivity contribution in [3.8, 4) is 11.1 Å². The number of benzene rings is 1. The van der Waals surface area contributed by atoms with Gasteiger partial charge in [-0.1, -0.05) is 30.3 Å². The van der Waals surface area contributed by atoms with Crippen LogP contribution in [0.15, 0.2) is 60.8 Å². The second-order valence-corrected chi connectivity index (χ2v) is 5.22. The highest BCUT2D eigenvalue weighted by Crippen LogP contribution is 2.27. The van der Waals surface area contributed by atoms with Crippen LogP contribution in [-0.4, -0.2) is 16.3 Å². The minimum Gasteiger partial charge on any atom is -0.258 e. The van der Waals surface area contributed by atoms with Crippen molar-refractivity contribution < 1.29 is 4.58 Å². The van der Waals surface area contributed by atoms with Gasteiger partial charge in [-0.25, -0.2) is 0 Å². The second-order valence-electron chi connectivity index (χ2n) is 5.22. The van der Waals surface area contributed by atoms with Gasteiger partial charge in [-0.15, -0.1) is 12.1 Å². The first kappa shape index (κ1) is 13.4. The van der Waals surface area contributed by atoms with E-state index in [1.807, 2.05) is 29.9 Å². The third-order valence-corrected chi connectivity index (χ3v) is 3.64. The van der Waals surface area contributed by atoms with E-state index in [-0.39, 0.29) is 0 Å². The van der Waals surface area contributed by atoms with E-state index in [0.29, 0.717) is 0 Å². The fraction of sp³-hybridized carbons (Fsp3) is 0.105. The van der Waals surface area contributed by atoms with Gasteiger partial charge in [0.2, 0.25) is 0 Å². The summed E-state index contributed by atoms with van der Waals surface area (Å²) in [6.07, 6.45) is 8.05. The zero-order valence-electron chi connectivity index (χ0n) is 12.4. The minimum absolute atomic E-state index is 1.05. The summed E-state index contributed by atoms with van der Waals surface area (Å²) in [6.45, 7) is 8.10. The molecule has 3 rings (SSSR count). The summed E-state index contributed by atoms with van der Waals surface area (Å²) >= 11 is 0. The Kier molecular flexibility index (Phi) is 3.44. The fourth-order valence-corrected chi connectivity index (χ4v) is 2.58. The normalized spacial score (nSPS) is 13.8. The number of rotatable bonds is 2. The van der Waals surface area contributed by atoms with Crippen LogP contribution >= 0.6 is 0 Å². The lowest BCUT2D eigenvalue weighted by molar-refractivity contribution is -0.417. The van der Waals surface area contributed by atoms with Crippen molar-refractivity contribution in [1.29, 1.82) is 0 Å². The Morgan fingerprint density at radius 1 is 1.10 bits per heavy atom. The van der Waals surface area contributed by atoms with Gasteiger partial charge >= 0.3 is 0 Å². The maximum Gasteiger partial charge on any atom is 0.146 e. The molecule has 0 radical (unpaired) electrons. The van der Waals surface area contributed by atoms with Crippen LogP contribution in [0.25, 0.3) is 11.1 Å². The maximum absolute atomic E-state index is 4.55. The van der Waals surface area contributed by atoms with Crippen LogP contribution < -0.4 is 0 Å². The highest BCUT2D eigenvalue weighted by Gasteiger charge is 2.14. The number of hydrogen-bond acceptors (Lipinski definition) is 1. The summed E-state index contributed by atoms with van der Waals surface area (Å²) in [5.74, 6) is 0. The molecule has 1 aromatic carbocycles. The van der Waals surface area contributed by atoms with E-state index in [1.165, 1.54) is 11.1 Å². The number of hydrogen-bond donors (Lipinski definition) is 0. The Hall–Kier alpha value is -2.61. The van der Waals surface area contributed by atoms with Crippen molar-refractivity contribution in [2.45, 2.75) is 13.8 Å². The van der Waals surface area contributed by atoms with E-state index in [0.717, 1.165) is 23.0 Å². The van der Waals surface area contributed by atoms with Crippen molar-refractivity contribution in [2.24, 2.45) is 0 Å². The quantitative estimate of drug-likeness (QED) is 0.596. The predicted molar refractivity (Wildman–Crippen MR) is 87.2 cm³/mol. The highest BCUT2D eigenvalue weighted by molar-refractivity contribution is 5.67. The number of nitrogens with zero attached hydrogens (tertiary/aromatic N) is 2. The largest absolute Gasteiger partial charge is 0.258 e. The summed E-state index contributed by atoms with van der Waals surface area (Å²) in [7, 11) is 0. The van der Waals surface area contributed by atoms with Crippen LogP contribution in [0.5, 0.6) is 0 Å². The molecule has 0 saturated heterocycles. The summed E-state index contributed by atoms with van der Waals surface area (Å²) < 4.78 is 1.89. The van der Waals surface area contributed by atoms with Gasteiger partial charge in [-0.3, -0.25) is 9.56 Å². The molecule has 0 bridgehead atoms. The van der Waals surface area contributed by atoms with E-state index in [4.69, 9.17) is 0 Å². The SMILES string of the molecule is C=[N+]1C=CC=C[C-]1c1cccc(-c2ccc(C)nc2C)c1. The summed E-state index contributed by atoms with van der Waals surface area (Å²) in [4.78, 5) is 4.55. The summed E-state index contributed by atoms with van der Waals surface area (Å²) in [6, 6.07) is 13.8. The summed E-state index contributed by atoms with van der Waals surface area (Å²) in [5, 5.41) is 0. The Morgan fingerprint density at radius 3 is 2.71 bits per heavy atom. The third-order valence-electron chi connectivity index (χ3n) is 3.64. The number of pyridine rings is 1. The van der Waals surface area contributed by atoms with Crippen molar-refractivity contribution in [3.05, 3.63) is 83.8 Å². The fourth-order valence-electron chi connectivity index (χ4n) is 2.58. The molecule has 1 aliphatic rings. The number of allylic oxidation sites excluding steroid dienone is 2. The van der Waals surface area contributed by atoms with Gasteiger partial charge < -0.3 is 0 Å². The lowest BCUT2D eigenvalue weighted by Crippen LogP contribution is -2.12. The zero-order chi connectivity index (χ0) is 14.8. The molecule has 2 nitrogen and oxygen atoms in total. The molecule has 2 heterocycles. The third kappa shape index (κ3) is 2.65. The van der Waals surface area contributed by atoms with Gasteiger partial charge in [0.1, 0.15) is 12.2 Å². The van der Waals surface area contributed by atoms with E-state index < -0.39 is 0 Å². The number of aromatic nitrogens is 1. The first-order valence-corrected chi connectivity index (χ1v) is 7.02. The molecule has 0 atom stereocenters. The standard InChI is InChI=1S/C19H18N2/c1-14-10-11-18(15(2)20-14)16-7-6-8-17(13-16)19-9-4-5-12-21(19)3/h4-13H,3H2,1-2H3. The highest BCUT2D eigenvalue weighted by atomic mass is 15.0. The van der Waals surface area contributed by atoms with Crippen LogP contribution in [0.2, 0.25) is 0 Å². The van der Waals surface area contributed by atoms with Gasteiger partial charge in [-0.05, 0) is 42.7 Å². The Balaban J connectivity index is 2.02. The van der Waals surface area contributed by atoms with Crippen LogP contribution in [-0.2, 0) is 0 Å². The predicted octanol–water partition coefficient (Wildman–Crippen LogP) is 4.04. The van der Waals surface area contributed by atoms with Crippen molar-refractivity contribution in [1.82, 2.24) is 4.98 Å². The van der Waals surface area contributed by atoms with Crippen molar-refractivity contribution in [3.63, 3.8) is 0 Å². The maximum atomic E-state index is 4.55.